The molecule has 1 aliphatic rings. The summed E-state index contributed by atoms with van der Waals surface area (Å²) in [6, 6.07) is 0. The third kappa shape index (κ3) is 1.06. The summed E-state index contributed by atoms with van der Waals surface area (Å²) in [6.45, 7) is 0. The summed E-state index contributed by atoms with van der Waals surface area (Å²) >= 11 is 0. The van der Waals surface area contributed by atoms with Crippen LogP contribution in [0.2, 0.25) is 0 Å². The predicted octanol–water partition coefficient (Wildman–Crippen LogP) is -3.01. The van der Waals surface area contributed by atoms with Crippen LogP contribution >= 0.6 is 0 Å². The highest BCUT2D eigenvalue weighted by Crippen LogP contribution is 2.35. The fraction of sp³-hybridized carbons (Fsp3) is 0.667. The van der Waals surface area contributed by atoms with Gasteiger partial charge in [0.05, 0.1) is 0 Å². The van der Waals surface area contributed by atoms with Gasteiger partial charge in [0.25, 0.3) is 5.79 Å². The highest BCUT2D eigenvalue weighted by Gasteiger charge is 2.61. The quantitative estimate of drug-likeness (QED) is 0.173. The summed E-state index contributed by atoms with van der Waals surface area (Å²) < 4.78 is 0. The Labute approximate surface area is 67.6 Å². The predicted molar refractivity (Wildman–Crippen MR) is 35.3 cm³/mol. The van der Waals surface area contributed by atoms with Crippen LogP contribution < -0.4 is 0 Å². The summed E-state index contributed by atoms with van der Waals surface area (Å²) in [5, 5.41) is 53.5. The summed E-state index contributed by atoms with van der Waals surface area (Å²) in [6.07, 6.45) is 1.19. The van der Waals surface area contributed by atoms with Crippen LogP contribution in [-0.2, 0) is 0 Å². The Balaban J connectivity index is 3.13. The maximum absolute atomic E-state index is 8.93. The first-order chi connectivity index (χ1) is 5.21. The Morgan fingerprint density at radius 1 is 0.917 bits per heavy atom. The van der Waals surface area contributed by atoms with Gasteiger partial charge < -0.3 is 30.6 Å². The molecule has 1 rings (SSSR count). The lowest BCUT2D eigenvalue weighted by Crippen LogP contribution is -2.68. The van der Waals surface area contributed by atoms with Crippen molar-refractivity contribution in [3.05, 3.63) is 12.2 Å². The number of aliphatic hydroxyl groups is 6. The summed E-state index contributed by atoms with van der Waals surface area (Å²) in [7, 11) is 0. The average molecular weight is 178 g/mol. The first kappa shape index (κ1) is 9.59. The maximum Gasteiger partial charge on any atom is 0.278 e. The number of hydrogen-bond acceptors (Lipinski definition) is 6. The first-order valence-electron chi connectivity index (χ1n) is 3.23. The van der Waals surface area contributed by atoms with Gasteiger partial charge in [0.1, 0.15) is 0 Å². The minimum atomic E-state index is -3.39. The van der Waals surface area contributed by atoms with Crippen molar-refractivity contribution in [1.82, 2.24) is 0 Å². The molecule has 0 bridgehead atoms. The molecule has 0 aromatic carbocycles. The van der Waals surface area contributed by atoms with Crippen LogP contribution in [0, 0.1) is 0 Å². The molecule has 0 aliphatic heterocycles. The summed E-state index contributed by atoms with van der Waals surface area (Å²) in [5.41, 5.74) is 0. The monoisotopic (exact) mass is 178 g/mol. The lowest BCUT2D eigenvalue weighted by molar-refractivity contribution is -0.441. The van der Waals surface area contributed by atoms with Crippen LogP contribution in [0.3, 0.4) is 0 Å². The van der Waals surface area contributed by atoms with Crippen LogP contribution in [0.25, 0.3) is 0 Å². The van der Waals surface area contributed by atoms with Gasteiger partial charge in [0, 0.05) is 6.42 Å². The zero-order chi connectivity index (χ0) is 9.62. The molecule has 6 nitrogen and oxygen atoms in total. The number of rotatable bonds is 0. The van der Waals surface area contributed by atoms with Gasteiger partial charge in [-0.3, -0.25) is 0 Å². The van der Waals surface area contributed by atoms with E-state index < -0.39 is 23.8 Å². The zero-order valence-corrected chi connectivity index (χ0v) is 6.05. The average Bonchev–Trinajstić information content (AvgIpc) is 1.83. The topological polar surface area (TPSA) is 121 Å². The Morgan fingerprint density at radius 3 is 1.75 bits per heavy atom. The molecule has 12 heavy (non-hydrogen) atoms. The van der Waals surface area contributed by atoms with E-state index in [1.165, 1.54) is 0 Å². The second-order valence-corrected chi connectivity index (χ2v) is 2.82. The van der Waals surface area contributed by atoms with Gasteiger partial charge in [-0.1, -0.05) is 6.08 Å². The van der Waals surface area contributed by atoms with Crippen molar-refractivity contribution in [2.24, 2.45) is 0 Å². The fourth-order valence-electron chi connectivity index (χ4n) is 0.941. The molecule has 6 heteroatoms. The van der Waals surface area contributed by atoms with E-state index in [9.17, 15) is 0 Å². The largest absolute Gasteiger partial charge is 0.361 e. The van der Waals surface area contributed by atoms with Crippen molar-refractivity contribution in [3.8, 4) is 0 Å². The lowest BCUT2D eigenvalue weighted by Gasteiger charge is -2.43. The smallest absolute Gasteiger partial charge is 0.278 e. The van der Waals surface area contributed by atoms with Crippen molar-refractivity contribution in [2.75, 3.05) is 0 Å². The highest BCUT2D eigenvalue weighted by molar-refractivity contribution is 5.13. The van der Waals surface area contributed by atoms with Gasteiger partial charge in [-0.2, -0.15) is 0 Å². The van der Waals surface area contributed by atoms with E-state index in [2.05, 4.69) is 0 Å². The molecule has 0 saturated carbocycles. The highest BCUT2D eigenvalue weighted by atomic mass is 16.7. The van der Waals surface area contributed by atoms with Crippen molar-refractivity contribution in [2.45, 2.75) is 23.8 Å². The third-order valence-corrected chi connectivity index (χ3v) is 1.82. The summed E-state index contributed by atoms with van der Waals surface area (Å²) in [4.78, 5) is 0. The molecule has 70 valence electrons. The Kier molecular flexibility index (Phi) is 1.80. The van der Waals surface area contributed by atoms with Gasteiger partial charge in [-0.05, 0) is 6.08 Å². The summed E-state index contributed by atoms with van der Waals surface area (Å²) in [5.74, 6) is -9.42. The Morgan fingerprint density at radius 2 is 1.42 bits per heavy atom. The molecule has 0 unspecified atom stereocenters. The van der Waals surface area contributed by atoms with Gasteiger partial charge in [0.2, 0.25) is 11.6 Å². The van der Waals surface area contributed by atoms with Crippen LogP contribution in [0.1, 0.15) is 6.42 Å². The van der Waals surface area contributed by atoms with Crippen LogP contribution in [0.4, 0.5) is 0 Å². The third-order valence-electron chi connectivity index (χ3n) is 1.82. The normalized spacial score (nSPS) is 30.2. The second-order valence-electron chi connectivity index (χ2n) is 2.82. The molecule has 0 fully saturated rings. The molecular weight excluding hydrogens is 168 g/mol. The van der Waals surface area contributed by atoms with Crippen LogP contribution in [0.15, 0.2) is 12.2 Å². The molecule has 0 atom stereocenters. The molecule has 0 saturated heterocycles. The van der Waals surface area contributed by atoms with E-state index in [0.29, 0.717) is 6.08 Å². The Hall–Kier alpha value is -0.500. The van der Waals surface area contributed by atoms with E-state index in [-0.39, 0.29) is 0 Å². The molecule has 1 aliphatic carbocycles. The van der Waals surface area contributed by atoms with Gasteiger partial charge >= 0.3 is 0 Å². The van der Waals surface area contributed by atoms with Gasteiger partial charge in [0.15, 0.2) is 0 Å². The molecule has 0 radical (unpaired) electrons. The first-order valence-corrected chi connectivity index (χ1v) is 3.23. The lowest BCUT2D eigenvalue weighted by atomic mass is 9.88. The minimum Gasteiger partial charge on any atom is -0.361 e. The van der Waals surface area contributed by atoms with Crippen molar-refractivity contribution >= 4 is 0 Å². The Bertz CT molecular complexity index is 216. The van der Waals surface area contributed by atoms with Crippen LogP contribution in [0.5, 0.6) is 0 Å². The molecule has 0 heterocycles. The van der Waals surface area contributed by atoms with E-state index in [0.717, 1.165) is 6.08 Å². The SMILES string of the molecule is OC1(O)C=CCC(O)(O)C1(O)O. The van der Waals surface area contributed by atoms with E-state index in [1.54, 1.807) is 0 Å². The molecule has 0 amide bonds. The van der Waals surface area contributed by atoms with Crippen LogP contribution in [-0.4, -0.2) is 48.0 Å². The van der Waals surface area contributed by atoms with E-state index in [1.807, 2.05) is 0 Å². The molecular formula is C6H10O6. The zero-order valence-electron chi connectivity index (χ0n) is 6.05. The molecule has 6 N–H and O–H groups in total. The second kappa shape index (κ2) is 2.25. The van der Waals surface area contributed by atoms with E-state index >= 15 is 0 Å². The van der Waals surface area contributed by atoms with Crippen molar-refractivity contribution in [3.63, 3.8) is 0 Å². The van der Waals surface area contributed by atoms with Crippen molar-refractivity contribution < 1.29 is 30.6 Å². The molecule has 0 aromatic heterocycles. The fourth-order valence-corrected chi connectivity index (χ4v) is 0.941. The standard InChI is InChI=1S/C6H10O6/c7-4(8)2-1-3-5(9,10)6(4,11)12/h1-2,7-12H,3H2. The molecule has 0 spiro atoms. The van der Waals surface area contributed by atoms with Crippen molar-refractivity contribution in [1.29, 1.82) is 0 Å². The number of hydrogen-bond donors (Lipinski definition) is 6. The maximum atomic E-state index is 8.93. The van der Waals surface area contributed by atoms with E-state index in [4.69, 9.17) is 30.6 Å². The molecule has 0 aromatic rings. The van der Waals surface area contributed by atoms with Gasteiger partial charge in [-0.25, -0.2) is 0 Å². The minimum absolute atomic E-state index is 0.497. The van der Waals surface area contributed by atoms with Gasteiger partial charge in [-0.15, -0.1) is 0 Å².